The number of aliphatic hydroxyl groups is 1. The Morgan fingerprint density at radius 2 is 2.21 bits per heavy atom. The average molecular weight is 272 g/mol. The lowest BCUT2D eigenvalue weighted by molar-refractivity contribution is -0.124. The minimum Gasteiger partial charge on any atom is -0.393 e. The smallest absolute Gasteiger partial charge is 0.234 e. The number of methoxy groups -OCH3 is 1. The van der Waals surface area contributed by atoms with Gasteiger partial charge in [-0.1, -0.05) is 6.42 Å². The third-order valence-electron chi connectivity index (χ3n) is 3.53. The Balaban J connectivity index is 2.41. The number of carbonyl (C=O) groups excluding carboxylic acids is 1. The predicted octanol–water partition coefficient (Wildman–Crippen LogP) is 0.763. The summed E-state index contributed by atoms with van der Waals surface area (Å²) < 4.78 is 5.01. The average Bonchev–Trinajstić information content (AvgIpc) is 2.31. The van der Waals surface area contributed by atoms with Crippen LogP contribution in [-0.2, 0) is 9.53 Å². The largest absolute Gasteiger partial charge is 0.393 e. The summed E-state index contributed by atoms with van der Waals surface area (Å²) in [7, 11) is 1.63. The van der Waals surface area contributed by atoms with Gasteiger partial charge in [0, 0.05) is 19.2 Å². The van der Waals surface area contributed by atoms with Gasteiger partial charge in [0.25, 0.3) is 0 Å². The predicted molar refractivity (Wildman–Crippen MR) is 75.0 cm³/mol. The molecule has 0 aromatic carbocycles. The van der Waals surface area contributed by atoms with Crippen LogP contribution >= 0.6 is 0 Å². The third kappa shape index (κ3) is 6.36. The van der Waals surface area contributed by atoms with Crippen LogP contribution in [-0.4, -0.2) is 60.9 Å². The minimum absolute atomic E-state index is 0.0394. The molecule has 0 bridgehead atoms. The molecular weight excluding hydrogens is 244 g/mol. The monoisotopic (exact) mass is 272 g/mol. The fourth-order valence-corrected chi connectivity index (χ4v) is 2.73. The molecule has 1 saturated heterocycles. The fraction of sp³-hybridized carbons (Fsp3) is 0.929. The second-order valence-corrected chi connectivity index (χ2v) is 5.63. The number of ether oxygens (including phenoxy) is 1. The maximum Gasteiger partial charge on any atom is 0.234 e. The fourth-order valence-electron chi connectivity index (χ4n) is 2.73. The van der Waals surface area contributed by atoms with Crippen molar-refractivity contribution in [2.45, 2.75) is 57.7 Å². The number of amides is 1. The van der Waals surface area contributed by atoms with Crippen molar-refractivity contribution in [3.63, 3.8) is 0 Å². The Kier molecular flexibility index (Phi) is 7.34. The number of carbonyl (C=O) groups is 1. The molecule has 5 heteroatoms. The molecule has 3 unspecified atom stereocenters. The molecule has 0 aromatic heterocycles. The molecule has 1 heterocycles. The summed E-state index contributed by atoms with van der Waals surface area (Å²) in [6, 6.07) is 0.370. The zero-order chi connectivity index (χ0) is 14.3. The first-order valence-corrected chi connectivity index (χ1v) is 7.23. The van der Waals surface area contributed by atoms with Crippen LogP contribution in [0.1, 0.15) is 39.5 Å². The van der Waals surface area contributed by atoms with Gasteiger partial charge >= 0.3 is 0 Å². The van der Waals surface area contributed by atoms with Crippen molar-refractivity contribution in [2.75, 3.05) is 26.8 Å². The molecule has 0 saturated carbocycles. The van der Waals surface area contributed by atoms with Crippen LogP contribution in [0.3, 0.4) is 0 Å². The summed E-state index contributed by atoms with van der Waals surface area (Å²) >= 11 is 0. The van der Waals surface area contributed by atoms with Crippen molar-refractivity contribution in [2.24, 2.45) is 0 Å². The Morgan fingerprint density at radius 3 is 2.84 bits per heavy atom. The number of rotatable bonds is 7. The van der Waals surface area contributed by atoms with Gasteiger partial charge in [-0.3, -0.25) is 9.69 Å². The number of hydrogen-bond acceptors (Lipinski definition) is 4. The molecule has 1 fully saturated rings. The van der Waals surface area contributed by atoms with E-state index in [2.05, 4.69) is 10.2 Å². The highest BCUT2D eigenvalue weighted by molar-refractivity contribution is 5.78. The van der Waals surface area contributed by atoms with Gasteiger partial charge in [-0.25, -0.2) is 0 Å². The molecule has 0 spiro atoms. The first kappa shape index (κ1) is 16.4. The van der Waals surface area contributed by atoms with Crippen molar-refractivity contribution in [3.8, 4) is 0 Å². The number of aliphatic hydroxyl groups excluding tert-OH is 1. The summed E-state index contributed by atoms with van der Waals surface area (Å²) in [5.41, 5.74) is 0. The van der Waals surface area contributed by atoms with E-state index < -0.39 is 0 Å². The SMILES string of the molecule is COCC(C)NC(=O)CN1CCCCC1CC(C)O. The Morgan fingerprint density at radius 1 is 1.47 bits per heavy atom. The maximum absolute atomic E-state index is 12.0. The van der Waals surface area contributed by atoms with Crippen LogP contribution < -0.4 is 5.32 Å². The first-order chi connectivity index (χ1) is 9.02. The molecule has 5 nitrogen and oxygen atoms in total. The van der Waals surface area contributed by atoms with Crippen LogP contribution in [0.25, 0.3) is 0 Å². The summed E-state index contributed by atoms with van der Waals surface area (Å²) in [4.78, 5) is 14.2. The normalized spacial score (nSPS) is 23.9. The molecule has 1 aliphatic rings. The highest BCUT2D eigenvalue weighted by atomic mass is 16.5. The molecule has 0 radical (unpaired) electrons. The van der Waals surface area contributed by atoms with Gasteiger partial charge in [-0.05, 0) is 39.7 Å². The van der Waals surface area contributed by atoms with E-state index in [-0.39, 0.29) is 18.1 Å². The van der Waals surface area contributed by atoms with Crippen molar-refractivity contribution in [1.82, 2.24) is 10.2 Å². The number of nitrogens with zero attached hydrogens (tertiary/aromatic N) is 1. The lowest BCUT2D eigenvalue weighted by Crippen LogP contribution is -2.48. The highest BCUT2D eigenvalue weighted by Gasteiger charge is 2.25. The van der Waals surface area contributed by atoms with Crippen molar-refractivity contribution >= 4 is 5.91 Å². The standard InChI is InChI=1S/C14H28N2O3/c1-11(10-19-3)15-14(18)9-16-7-5-4-6-13(16)8-12(2)17/h11-13,17H,4-10H2,1-3H3,(H,15,18). The van der Waals surface area contributed by atoms with E-state index in [1.165, 1.54) is 6.42 Å². The Hall–Kier alpha value is -0.650. The Bertz CT molecular complexity index is 271. The Labute approximate surface area is 116 Å². The quantitative estimate of drug-likeness (QED) is 0.718. The summed E-state index contributed by atoms with van der Waals surface area (Å²) in [6.45, 7) is 5.65. The van der Waals surface area contributed by atoms with Gasteiger partial charge in [0.15, 0.2) is 0 Å². The van der Waals surface area contributed by atoms with Gasteiger partial charge < -0.3 is 15.2 Å². The molecule has 0 aliphatic carbocycles. The zero-order valence-electron chi connectivity index (χ0n) is 12.4. The molecule has 112 valence electrons. The second kappa shape index (κ2) is 8.51. The van der Waals surface area contributed by atoms with Crippen LogP contribution in [0.4, 0.5) is 0 Å². The number of piperidine rings is 1. The lowest BCUT2D eigenvalue weighted by Gasteiger charge is -2.36. The summed E-state index contributed by atoms with van der Waals surface area (Å²) in [5.74, 6) is 0.0436. The number of likely N-dealkylation sites (tertiary alicyclic amines) is 1. The third-order valence-corrected chi connectivity index (χ3v) is 3.53. The lowest BCUT2D eigenvalue weighted by atomic mass is 9.97. The van der Waals surface area contributed by atoms with Crippen LogP contribution in [0.15, 0.2) is 0 Å². The van der Waals surface area contributed by atoms with E-state index in [9.17, 15) is 9.90 Å². The van der Waals surface area contributed by atoms with Crippen LogP contribution in [0.2, 0.25) is 0 Å². The van der Waals surface area contributed by atoms with Crippen LogP contribution in [0, 0.1) is 0 Å². The van der Waals surface area contributed by atoms with E-state index in [4.69, 9.17) is 4.74 Å². The maximum atomic E-state index is 12.0. The molecule has 1 amide bonds. The second-order valence-electron chi connectivity index (χ2n) is 5.63. The van der Waals surface area contributed by atoms with E-state index in [1.807, 2.05) is 13.8 Å². The van der Waals surface area contributed by atoms with E-state index >= 15 is 0 Å². The van der Waals surface area contributed by atoms with Gasteiger partial charge in [0.2, 0.25) is 5.91 Å². The molecule has 19 heavy (non-hydrogen) atoms. The topological polar surface area (TPSA) is 61.8 Å². The molecule has 1 rings (SSSR count). The van der Waals surface area contributed by atoms with Gasteiger partial charge in [-0.15, -0.1) is 0 Å². The zero-order valence-corrected chi connectivity index (χ0v) is 12.4. The van der Waals surface area contributed by atoms with Crippen molar-refractivity contribution in [1.29, 1.82) is 0 Å². The van der Waals surface area contributed by atoms with E-state index in [0.29, 0.717) is 19.2 Å². The minimum atomic E-state index is -0.305. The van der Waals surface area contributed by atoms with Gasteiger partial charge in [0.05, 0.1) is 19.3 Å². The molecule has 3 atom stereocenters. The summed E-state index contributed by atoms with van der Waals surface area (Å²) in [5, 5.41) is 12.5. The summed E-state index contributed by atoms with van der Waals surface area (Å²) in [6.07, 6.45) is 3.85. The van der Waals surface area contributed by atoms with Crippen molar-refractivity contribution < 1.29 is 14.6 Å². The first-order valence-electron chi connectivity index (χ1n) is 7.23. The van der Waals surface area contributed by atoms with E-state index in [0.717, 1.165) is 25.8 Å². The number of nitrogens with one attached hydrogen (secondary N) is 1. The molecule has 2 N–H and O–H groups in total. The highest BCUT2D eigenvalue weighted by Crippen LogP contribution is 2.20. The van der Waals surface area contributed by atoms with Crippen LogP contribution in [0.5, 0.6) is 0 Å². The number of hydrogen-bond donors (Lipinski definition) is 2. The van der Waals surface area contributed by atoms with Gasteiger partial charge in [-0.2, -0.15) is 0 Å². The van der Waals surface area contributed by atoms with Gasteiger partial charge in [0.1, 0.15) is 0 Å². The molecule has 0 aromatic rings. The molecule has 1 aliphatic heterocycles. The molecular formula is C14H28N2O3. The van der Waals surface area contributed by atoms with E-state index in [1.54, 1.807) is 7.11 Å². The van der Waals surface area contributed by atoms with Crippen molar-refractivity contribution in [3.05, 3.63) is 0 Å².